The van der Waals surface area contributed by atoms with Crippen molar-refractivity contribution in [2.75, 3.05) is 25.1 Å². The van der Waals surface area contributed by atoms with Gasteiger partial charge in [0.15, 0.2) is 0 Å². The number of rotatable bonds is 13. The molecule has 2 amide bonds. The normalized spacial score (nSPS) is 12.1. The molecule has 0 aromatic heterocycles. The van der Waals surface area contributed by atoms with Crippen LogP contribution in [0.4, 0.5) is 5.69 Å². The topological polar surface area (TPSA) is 105 Å². The third-order valence-electron chi connectivity index (χ3n) is 7.28. The largest absolute Gasteiger partial charge is 0.497 e. The van der Waals surface area contributed by atoms with Crippen LogP contribution in [0.1, 0.15) is 31.9 Å². The van der Waals surface area contributed by atoms with Gasteiger partial charge in [-0.25, -0.2) is 8.42 Å². The summed E-state index contributed by atoms with van der Waals surface area (Å²) in [7, 11) is -1.26. The van der Waals surface area contributed by atoms with Gasteiger partial charge in [-0.1, -0.05) is 60.1 Å². The lowest BCUT2D eigenvalue weighted by atomic mass is 10.0. The molecule has 1 unspecified atom stereocenters. The van der Waals surface area contributed by atoms with E-state index in [2.05, 4.69) is 5.32 Å². The molecule has 4 aromatic rings. The standard InChI is InChI=1S/C36H40ClN3O6S/c1-36(2,3)38-35(42)33(22-26-11-7-6-8-12-26)39(24-27-13-9-16-31(21-27)46-5)34(41)25-40(29-15-10-14-28(37)23-29)47(43,44)32-19-17-30(45-4)18-20-32/h6-21,23,33H,22,24-25H2,1-5H3,(H,38,42). The number of benzene rings is 4. The molecule has 0 saturated heterocycles. The molecule has 0 aliphatic heterocycles. The first-order valence-electron chi connectivity index (χ1n) is 15.0. The number of nitrogens with one attached hydrogen (secondary N) is 1. The number of anilines is 1. The van der Waals surface area contributed by atoms with Crippen molar-refractivity contribution >= 4 is 39.1 Å². The maximum absolute atomic E-state index is 14.6. The zero-order chi connectivity index (χ0) is 34.2. The Bertz CT molecular complexity index is 1780. The van der Waals surface area contributed by atoms with E-state index in [1.54, 1.807) is 43.5 Å². The molecule has 0 fully saturated rings. The predicted octanol–water partition coefficient (Wildman–Crippen LogP) is 6.11. The van der Waals surface area contributed by atoms with E-state index in [0.29, 0.717) is 22.1 Å². The molecule has 0 bridgehead atoms. The monoisotopic (exact) mass is 677 g/mol. The third kappa shape index (κ3) is 9.49. The summed E-state index contributed by atoms with van der Waals surface area (Å²) in [6.07, 6.45) is 0.195. The number of carbonyl (C=O) groups is 2. The zero-order valence-corrected chi connectivity index (χ0v) is 28.7. The number of halogens is 1. The van der Waals surface area contributed by atoms with Crippen LogP contribution in [0.5, 0.6) is 11.5 Å². The quantitative estimate of drug-likeness (QED) is 0.183. The lowest BCUT2D eigenvalue weighted by Gasteiger charge is -2.35. The Morgan fingerprint density at radius 3 is 2.06 bits per heavy atom. The van der Waals surface area contributed by atoms with Gasteiger partial charge in [0.05, 0.1) is 24.8 Å². The van der Waals surface area contributed by atoms with Crippen molar-refractivity contribution in [3.8, 4) is 11.5 Å². The van der Waals surface area contributed by atoms with Crippen LogP contribution in [0.25, 0.3) is 0 Å². The first-order chi connectivity index (χ1) is 22.3. The fourth-order valence-corrected chi connectivity index (χ4v) is 6.60. The molecule has 47 heavy (non-hydrogen) atoms. The molecule has 11 heteroatoms. The van der Waals surface area contributed by atoms with Crippen molar-refractivity contribution in [2.24, 2.45) is 0 Å². The van der Waals surface area contributed by atoms with Gasteiger partial charge in [-0.2, -0.15) is 0 Å². The minimum Gasteiger partial charge on any atom is -0.497 e. The van der Waals surface area contributed by atoms with Crippen molar-refractivity contribution in [3.63, 3.8) is 0 Å². The van der Waals surface area contributed by atoms with Crippen LogP contribution in [0.15, 0.2) is 108 Å². The van der Waals surface area contributed by atoms with Crippen LogP contribution in [0.3, 0.4) is 0 Å². The van der Waals surface area contributed by atoms with Crippen LogP contribution in [0, 0.1) is 0 Å². The van der Waals surface area contributed by atoms with Crippen LogP contribution in [-0.4, -0.2) is 57.5 Å². The van der Waals surface area contributed by atoms with Crippen LogP contribution in [0.2, 0.25) is 5.02 Å². The summed E-state index contributed by atoms with van der Waals surface area (Å²) in [5.74, 6) is 0.100. The second-order valence-electron chi connectivity index (χ2n) is 12.0. The van der Waals surface area contributed by atoms with E-state index in [4.69, 9.17) is 21.1 Å². The summed E-state index contributed by atoms with van der Waals surface area (Å²) in [5.41, 5.74) is 1.14. The molecule has 0 aliphatic rings. The highest BCUT2D eigenvalue weighted by atomic mass is 35.5. The molecule has 0 aliphatic carbocycles. The smallest absolute Gasteiger partial charge is 0.264 e. The van der Waals surface area contributed by atoms with E-state index >= 15 is 0 Å². The number of nitrogens with zero attached hydrogens (tertiary/aromatic N) is 2. The van der Waals surface area contributed by atoms with Crippen molar-refractivity contribution in [2.45, 2.75) is 50.2 Å². The number of ether oxygens (including phenoxy) is 2. The highest BCUT2D eigenvalue weighted by Gasteiger charge is 2.35. The van der Waals surface area contributed by atoms with Gasteiger partial charge in [-0.3, -0.25) is 13.9 Å². The summed E-state index contributed by atoms with van der Waals surface area (Å²) < 4.78 is 40.0. The molecule has 0 radical (unpaired) electrons. The molecular weight excluding hydrogens is 638 g/mol. The lowest BCUT2D eigenvalue weighted by Crippen LogP contribution is -2.56. The van der Waals surface area contributed by atoms with E-state index in [1.807, 2.05) is 57.2 Å². The van der Waals surface area contributed by atoms with Gasteiger partial charge in [0.25, 0.3) is 10.0 Å². The molecule has 248 valence electrons. The maximum atomic E-state index is 14.6. The fourth-order valence-electron chi connectivity index (χ4n) is 5.01. The predicted molar refractivity (Wildman–Crippen MR) is 184 cm³/mol. The van der Waals surface area contributed by atoms with Crippen molar-refractivity contribution in [3.05, 3.63) is 119 Å². The Labute approximate surface area is 282 Å². The second-order valence-corrected chi connectivity index (χ2v) is 14.3. The molecule has 4 rings (SSSR count). The van der Waals surface area contributed by atoms with Gasteiger partial charge in [0.2, 0.25) is 11.8 Å². The summed E-state index contributed by atoms with van der Waals surface area (Å²) in [6.45, 7) is 4.99. The van der Waals surface area contributed by atoms with E-state index < -0.39 is 34.1 Å². The first kappa shape index (κ1) is 35.3. The third-order valence-corrected chi connectivity index (χ3v) is 9.30. The van der Waals surface area contributed by atoms with Gasteiger partial charge in [-0.15, -0.1) is 0 Å². The number of hydrogen-bond acceptors (Lipinski definition) is 6. The number of methoxy groups -OCH3 is 2. The van der Waals surface area contributed by atoms with Gasteiger partial charge in [0, 0.05) is 23.5 Å². The van der Waals surface area contributed by atoms with Crippen molar-refractivity contribution in [1.29, 1.82) is 0 Å². The first-order valence-corrected chi connectivity index (χ1v) is 16.8. The maximum Gasteiger partial charge on any atom is 0.264 e. The molecule has 0 heterocycles. The van der Waals surface area contributed by atoms with E-state index in [1.165, 1.54) is 42.3 Å². The summed E-state index contributed by atoms with van der Waals surface area (Å²) in [6, 6.07) is 27.8. The highest BCUT2D eigenvalue weighted by Crippen LogP contribution is 2.28. The molecule has 0 saturated carbocycles. The molecule has 4 aromatic carbocycles. The lowest BCUT2D eigenvalue weighted by molar-refractivity contribution is -0.140. The zero-order valence-electron chi connectivity index (χ0n) is 27.1. The van der Waals surface area contributed by atoms with Gasteiger partial charge < -0.3 is 19.7 Å². The average Bonchev–Trinajstić information content (AvgIpc) is 3.04. The van der Waals surface area contributed by atoms with E-state index in [-0.39, 0.29) is 29.5 Å². The Kier molecular flexibility index (Phi) is 11.5. The van der Waals surface area contributed by atoms with Crippen molar-refractivity contribution in [1.82, 2.24) is 10.2 Å². The van der Waals surface area contributed by atoms with Gasteiger partial charge >= 0.3 is 0 Å². The van der Waals surface area contributed by atoms with Crippen molar-refractivity contribution < 1.29 is 27.5 Å². The Morgan fingerprint density at radius 1 is 0.809 bits per heavy atom. The number of amides is 2. The van der Waals surface area contributed by atoms with Crippen LogP contribution in [-0.2, 0) is 32.6 Å². The summed E-state index contributed by atoms with van der Waals surface area (Å²) in [5, 5.41) is 3.32. The fraction of sp³-hybridized carbons (Fsp3) is 0.278. The highest BCUT2D eigenvalue weighted by molar-refractivity contribution is 7.92. The van der Waals surface area contributed by atoms with Crippen LogP contribution >= 0.6 is 11.6 Å². The molecule has 1 N–H and O–H groups in total. The summed E-state index contributed by atoms with van der Waals surface area (Å²) in [4.78, 5) is 30.0. The second kappa shape index (κ2) is 15.4. The van der Waals surface area contributed by atoms with Gasteiger partial charge in [0.1, 0.15) is 24.1 Å². The van der Waals surface area contributed by atoms with Crippen LogP contribution < -0.4 is 19.1 Å². The molecule has 1 atom stereocenters. The minimum absolute atomic E-state index is 0.0110. The molecule has 9 nitrogen and oxygen atoms in total. The Morgan fingerprint density at radius 2 is 1.45 bits per heavy atom. The van der Waals surface area contributed by atoms with E-state index in [9.17, 15) is 18.0 Å². The average molecular weight is 678 g/mol. The number of carbonyl (C=O) groups excluding carboxylic acids is 2. The SMILES string of the molecule is COc1ccc(S(=O)(=O)N(CC(=O)N(Cc2cccc(OC)c2)C(Cc2ccccc2)C(=O)NC(C)(C)C)c2cccc(Cl)c2)cc1. The molecule has 0 spiro atoms. The number of hydrogen-bond donors (Lipinski definition) is 1. The van der Waals surface area contributed by atoms with Gasteiger partial charge in [-0.05, 0) is 86.5 Å². The Hall–Kier alpha value is -4.54. The van der Waals surface area contributed by atoms with E-state index in [0.717, 1.165) is 9.87 Å². The molecular formula is C36H40ClN3O6S. The minimum atomic E-state index is -4.29. The Balaban J connectivity index is 1.83. The number of sulfonamides is 1. The summed E-state index contributed by atoms with van der Waals surface area (Å²) >= 11 is 6.31.